The van der Waals surface area contributed by atoms with Gasteiger partial charge in [0.2, 0.25) is 5.91 Å². The number of carbonyl (C=O) groups is 1. The van der Waals surface area contributed by atoms with Crippen LogP contribution in [0.1, 0.15) is 12.0 Å². The Labute approximate surface area is 88.5 Å². The van der Waals surface area contributed by atoms with E-state index >= 15 is 0 Å². The quantitative estimate of drug-likeness (QED) is 0.798. The van der Waals surface area contributed by atoms with Gasteiger partial charge in [-0.15, -0.1) is 0 Å². The molecule has 4 heteroatoms. The smallest absolute Gasteiger partial charge is 0.223 e. The number of hydrogen-bond acceptors (Lipinski definition) is 3. The molecule has 0 radical (unpaired) electrons. The molecule has 15 heavy (non-hydrogen) atoms. The Morgan fingerprint density at radius 1 is 1.47 bits per heavy atom. The van der Waals surface area contributed by atoms with E-state index in [9.17, 15) is 4.79 Å². The third-order valence-corrected chi connectivity index (χ3v) is 1.86. The van der Waals surface area contributed by atoms with E-state index in [4.69, 9.17) is 10.00 Å². The third kappa shape index (κ3) is 3.69. The predicted molar refractivity (Wildman–Crippen MR) is 55.3 cm³/mol. The van der Waals surface area contributed by atoms with Crippen molar-refractivity contribution in [3.63, 3.8) is 0 Å². The van der Waals surface area contributed by atoms with Crippen LogP contribution in [0.25, 0.3) is 0 Å². The minimum atomic E-state index is -0.0522. The van der Waals surface area contributed by atoms with E-state index < -0.39 is 0 Å². The van der Waals surface area contributed by atoms with Gasteiger partial charge in [0.1, 0.15) is 5.75 Å². The SMILES string of the molecule is CNC(=O)CCOc1ccc(C#N)cc1. The van der Waals surface area contributed by atoms with E-state index in [0.29, 0.717) is 24.3 Å². The maximum atomic E-state index is 10.9. The van der Waals surface area contributed by atoms with Crippen LogP contribution in [-0.4, -0.2) is 19.6 Å². The van der Waals surface area contributed by atoms with Gasteiger partial charge in [0, 0.05) is 7.05 Å². The molecule has 4 nitrogen and oxygen atoms in total. The zero-order valence-corrected chi connectivity index (χ0v) is 8.49. The van der Waals surface area contributed by atoms with E-state index in [-0.39, 0.29) is 5.91 Å². The van der Waals surface area contributed by atoms with E-state index in [1.54, 1.807) is 31.3 Å². The molecule has 0 saturated heterocycles. The van der Waals surface area contributed by atoms with Crippen LogP contribution in [0.2, 0.25) is 0 Å². The van der Waals surface area contributed by atoms with E-state index in [1.807, 2.05) is 6.07 Å². The number of hydrogen-bond donors (Lipinski definition) is 1. The Bertz CT molecular complexity index is 365. The van der Waals surface area contributed by atoms with E-state index in [0.717, 1.165) is 0 Å². The zero-order valence-electron chi connectivity index (χ0n) is 8.49. The maximum absolute atomic E-state index is 10.9. The summed E-state index contributed by atoms with van der Waals surface area (Å²) in [5, 5.41) is 11.1. The molecule has 78 valence electrons. The average Bonchev–Trinajstić information content (AvgIpc) is 2.29. The number of amides is 1. The average molecular weight is 204 g/mol. The van der Waals surface area contributed by atoms with Crippen LogP contribution in [0, 0.1) is 11.3 Å². The second-order valence-corrected chi connectivity index (χ2v) is 2.91. The van der Waals surface area contributed by atoms with Gasteiger partial charge in [0.25, 0.3) is 0 Å². The summed E-state index contributed by atoms with van der Waals surface area (Å²) in [6.07, 6.45) is 0.330. The lowest BCUT2D eigenvalue weighted by molar-refractivity contribution is -0.121. The van der Waals surface area contributed by atoms with Crippen molar-refractivity contribution >= 4 is 5.91 Å². The number of ether oxygens (including phenoxy) is 1. The first kappa shape index (κ1) is 11.1. The monoisotopic (exact) mass is 204 g/mol. The Balaban J connectivity index is 2.38. The lowest BCUT2D eigenvalue weighted by atomic mass is 10.2. The number of nitrogens with zero attached hydrogens (tertiary/aromatic N) is 1. The summed E-state index contributed by atoms with van der Waals surface area (Å²) >= 11 is 0. The van der Waals surface area contributed by atoms with Crippen molar-refractivity contribution < 1.29 is 9.53 Å². The van der Waals surface area contributed by atoms with Gasteiger partial charge < -0.3 is 10.1 Å². The summed E-state index contributed by atoms with van der Waals surface area (Å²) in [6.45, 7) is 0.339. The zero-order chi connectivity index (χ0) is 11.1. The molecule has 1 aromatic carbocycles. The lowest BCUT2D eigenvalue weighted by Gasteiger charge is -2.04. The van der Waals surface area contributed by atoms with Crippen molar-refractivity contribution in [1.29, 1.82) is 5.26 Å². The number of nitriles is 1. The first-order chi connectivity index (χ1) is 7.26. The molecule has 0 aliphatic heterocycles. The van der Waals surface area contributed by atoms with Crippen LogP contribution in [0.3, 0.4) is 0 Å². The molecule has 1 aromatic rings. The molecular formula is C11H12N2O2. The summed E-state index contributed by atoms with van der Waals surface area (Å²) in [5.41, 5.74) is 0.591. The first-order valence-electron chi connectivity index (χ1n) is 4.60. The largest absolute Gasteiger partial charge is 0.493 e. The van der Waals surface area contributed by atoms with Crippen molar-refractivity contribution in [1.82, 2.24) is 5.32 Å². The molecule has 1 rings (SSSR count). The Morgan fingerprint density at radius 3 is 2.67 bits per heavy atom. The summed E-state index contributed by atoms with van der Waals surface area (Å²) in [5.74, 6) is 0.613. The highest BCUT2D eigenvalue weighted by molar-refractivity contribution is 5.75. The summed E-state index contributed by atoms with van der Waals surface area (Å²) in [7, 11) is 1.59. The van der Waals surface area contributed by atoms with Gasteiger partial charge in [-0.05, 0) is 24.3 Å². The van der Waals surface area contributed by atoms with Gasteiger partial charge in [-0.3, -0.25) is 4.79 Å². The van der Waals surface area contributed by atoms with Crippen LogP contribution >= 0.6 is 0 Å². The molecule has 0 heterocycles. The third-order valence-electron chi connectivity index (χ3n) is 1.86. The second-order valence-electron chi connectivity index (χ2n) is 2.91. The van der Waals surface area contributed by atoms with Crippen LogP contribution in [0.5, 0.6) is 5.75 Å². The molecule has 0 atom stereocenters. The first-order valence-corrected chi connectivity index (χ1v) is 4.60. The molecule has 0 aromatic heterocycles. The number of nitrogens with one attached hydrogen (secondary N) is 1. The van der Waals surface area contributed by atoms with Crippen LogP contribution in [0.15, 0.2) is 24.3 Å². The molecule has 1 N–H and O–H groups in total. The fraction of sp³-hybridized carbons (Fsp3) is 0.273. The van der Waals surface area contributed by atoms with Gasteiger partial charge in [-0.2, -0.15) is 5.26 Å². The Morgan fingerprint density at radius 2 is 2.13 bits per heavy atom. The number of rotatable bonds is 4. The van der Waals surface area contributed by atoms with E-state index in [2.05, 4.69) is 5.32 Å². The van der Waals surface area contributed by atoms with Crippen molar-refractivity contribution in [2.45, 2.75) is 6.42 Å². The Hall–Kier alpha value is -2.02. The minimum Gasteiger partial charge on any atom is -0.493 e. The fourth-order valence-electron chi connectivity index (χ4n) is 1.01. The molecule has 0 saturated carbocycles. The van der Waals surface area contributed by atoms with Gasteiger partial charge >= 0.3 is 0 Å². The highest BCUT2D eigenvalue weighted by Crippen LogP contribution is 2.11. The van der Waals surface area contributed by atoms with Gasteiger partial charge in [-0.1, -0.05) is 0 Å². The molecule has 0 aliphatic carbocycles. The molecular weight excluding hydrogens is 192 g/mol. The van der Waals surface area contributed by atoms with Crippen molar-refractivity contribution in [3.8, 4) is 11.8 Å². The summed E-state index contributed by atoms with van der Waals surface area (Å²) < 4.78 is 5.31. The lowest BCUT2D eigenvalue weighted by Crippen LogP contribution is -2.20. The van der Waals surface area contributed by atoms with Crippen molar-refractivity contribution in [3.05, 3.63) is 29.8 Å². The predicted octanol–water partition coefficient (Wildman–Crippen LogP) is 1.07. The topological polar surface area (TPSA) is 62.1 Å². The van der Waals surface area contributed by atoms with Crippen LogP contribution < -0.4 is 10.1 Å². The Kier molecular flexibility index (Phi) is 4.17. The number of benzene rings is 1. The normalized spacial score (nSPS) is 9.07. The van der Waals surface area contributed by atoms with Gasteiger partial charge in [0.05, 0.1) is 24.7 Å². The summed E-state index contributed by atoms with van der Waals surface area (Å²) in [4.78, 5) is 10.9. The number of carbonyl (C=O) groups excluding carboxylic acids is 1. The van der Waals surface area contributed by atoms with Crippen molar-refractivity contribution in [2.75, 3.05) is 13.7 Å². The molecule has 0 fully saturated rings. The molecule has 0 unspecified atom stereocenters. The van der Waals surface area contributed by atoms with Gasteiger partial charge in [0.15, 0.2) is 0 Å². The molecule has 0 bridgehead atoms. The molecule has 0 aliphatic rings. The molecule has 0 spiro atoms. The molecule has 1 amide bonds. The highest BCUT2D eigenvalue weighted by atomic mass is 16.5. The van der Waals surface area contributed by atoms with Crippen LogP contribution in [-0.2, 0) is 4.79 Å². The van der Waals surface area contributed by atoms with Crippen LogP contribution in [0.4, 0.5) is 0 Å². The van der Waals surface area contributed by atoms with Crippen molar-refractivity contribution in [2.24, 2.45) is 0 Å². The summed E-state index contributed by atoms with van der Waals surface area (Å²) in [6, 6.07) is 8.79. The maximum Gasteiger partial charge on any atom is 0.223 e. The fourth-order valence-corrected chi connectivity index (χ4v) is 1.01. The van der Waals surface area contributed by atoms with E-state index in [1.165, 1.54) is 0 Å². The second kappa shape index (κ2) is 5.66. The standard InChI is InChI=1S/C11H12N2O2/c1-13-11(14)6-7-15-10-4-2-9(8-12)3-5-10/h2-5H,6-7H2,1H3,(H,13,14). The van der Waals surface area contributed by atoms with Gasteiger partial charge in [-0.25, -0.2) is 0 Å². The minimum absolute atomic E-state index is 0.0522. The highest BCUT2D eigenvalue weighted by Gasteiger charge is 1.98.